The predicted octanol–water partition coefficient (Wildman–Crippen LogP) is 3.77. The van der Waals surface area contributed by atoms with Crippen molar-refractivity contribution >= 4 is 39.3 Å². The van der Waals surface area contributed by atoms with Gasteiger partial charge in [0.15, 0.2) is 0 Å². The first kappa shape index (κ1) is 19.5. The molecule has 27 heavy (non-hydrogen) atoms. The Balaban J connectivity index is 1.61. The van der Waals surface area contributed by atoms with E-state index < -0.39 is 10.0 Å². The van der Waals surface area contributed by atoms with E-state index in [1.54, 1.807) is 36.4 Å². The molecule has 0 saturated carbocycles. The zero-order valence-corrected chi connectivity index (χ0v) is 16.5. The van der Waals surface area contributed by atoms with Crippen LogP contribution in [0.5, 0.6) is 0 Å². The van der Waals surface area contributed by atoms with Gasteiger partial charge in [-0.05, 0) is 54.8 Å². The van der Waals surface area contributed by atoms with E-state index in [0.29, 0.717) is 23.7 Å². The van der Waals surface area contributed by atoms with Crippen LogP contribution < -0.4 is 9.62 Å². The van der Waals surface area contributed by atoms with Crippen LogP contribution in [-0.2, 0) is 14.8 Å². The number of sulfonamides is 1. The predicted molar refractivity (Wildman–Crippen MR) is 109 cm³/mol. The van der Waals surface area contributed by atoms with Crippen LogP contribution >= 0.6 is 11.6 Å². The van der Waals surface area contributed by atoms with E-state index in [1.807, 2.05) is 25.1 Å². The highest BCUT2D eigenvalue weighted by Crippen LogP contribution is 2.24. The average Bonchev–Trinajstić information content (AvgIpc) is 2.99. The molecule has 2 aromatic rings. The highest BCUT2D eigenvalue weighted by molar-refractivity contribution is 7.93. The van der Waals surface area contributed by atoms with Crippen molar-refractivity contribution < 1.29 is 13.2 Å². The number of carbonyl (C=O) groups is 1. The van der Waals surface area contributed by atoms with E-state index in [2.05, 4.69) is 5.32 Å². The van der Waals surface area contributed by atoms with Gasteiger partial charge in [0.25, 0.3) is 0 Å². The highest BCUT2D eigenvalue weighted by Gasteiger charge is 2.28. The van der Waals surface area contributed by atoms with Crippen molar-refractivity contribution in [2.24, 2.45) is 0 Å². The monoisotopic (exact) mass is 404 g/mol. The molecule has 1 N–H and O–H groups in total. The summed E-state index contributed by atoms with van der Waals surface area (Å²) >= 11 is 5.98. The number of nitrogens with zero attached hydrogens (tertiary/aromatic N) is 1. The zero-order chi connectivity index (χ0) is 19.4. The second-order valence-corrected chi connectivity index (χ2v) is 8.90. The molecule has 142 valence electrons. The van der Waals surface area contributed by atoms with Crippen molar-refractivity contribution in [1.82, 2.24) is 5.32 Å². The lowest BCUT2D eigenvalue weighted by Gasteiger charge is -2.16. The summed E-state index contributed by atoms with van der Waals surface area (Å²) in [6.45, 7) is 2.41. The van der Waals surface area contributed by atoms with E-state index in [0.717, 1.165) is 11.1 Å². The van der Waals surface area contributed by atoms with E-state index in [-0.39, 0.29) is 17.7 Å². The van der Waals surface area contributed by atoms with Crippen molar-refractivity contribution in [3.63, 3.8) is 0 Å². The first-order valence-electron chi connectivity index (χ1n) is 8.70. The fourth-order valence-corrected chi connectivity index (χ4v) is 4.74. The van der Waals surface area contributed by atoms with Crippen LogP contribution in [0.4, 0.5) is 5.69 Å². The standard InChI is InChI=1S/C20H21ClN2O3S/c1-15(17-4-2-5-18(21)14-17)22-20(24)11-8-16-6-9-19(10-7-16)23-12-3-13-27(23,25)26/h2,4-11,14-15H,3,12-13H2,1H3,(H,22,24)/b11-8+. The number of benzene rings is 2. The maximum absolute atomic E-state index is 12.1. The van der Waals surface area contributed by atoms with Crippen LogP contribution in [-0.4, -0.2) is 26.6 Å². The molecule has 0 bridgehead atoms. The van der Waals surface area contributed by atoms with Crippen LogP contribution in [0.15, 0.2) is 54.6 Å². The molecular weight excluding hydrogens is 384 g/mol. The Morgan fingerprint density at radius 3 is 2.59 bits per heavy atom. The number of carbonyl (C=O) groups excluding carboxylic acids is 1. The molecule has 1 aliphatic rings. The van der Waals surface area contributed by atoms with Crippen molar-refractivity contribution in [1.29, 1.82) is 0 Å². The third-order valence-corrected chi connectivity index (χ3v) is 6.52. The van der Waals surface area contributed by atoms with Crippen LogP contribution in [0.25, 0.3) is 6.08 Å². The second kappa shape index (κ2) is 8.15. The molecule has 1 fully saturated rings. The summed E-state index contributed by atoms with van der Waals surface area (Å²) in [7, 11) is -3.18. The SMILES string of the molecule is CC(NC(=O)/C=C/c1ccc(N2CCCS2(=O)=O)cc1)c1cccc(Cl)c1. The van der Waals surface area contributed by atoms with Crippen molar-refractivity contribution in [3.8, 4) is 0 Å². The lowest BCUT2D eigenvalue weighted by Crippen LogP contribution is -2.25. The Morgan fingerprint density at radius 2 is 1.96 bits per heavy atom. The quantitative estimate of drug-likeness (QED) is 0.771. The molecular formula is C20H21ClN2O3S. The largest absolute Gasteiger partial charge is 0.346 e. The maximum atomic E-state index is 12.1. The summed E-state index contributed by atoms with van der Waals surface area (Å²) in [5.74, 6) is -0.0201. The first-order valence-corrected chi connectivity index (χ1v) is 10.7. The number of nitrogens with one attached hydrogen (secondary N) is 1. The summed E-state index contributed by atoms with van der Waals surface area (Å²) in [5.41, 5.74) is 2.41. The molecule has 0 aromatic heterocycles. The van der Waals surface area contributed by atoms with Gasteiger partial charge in [-0.15, -0.1) is 0 Å². The Morgan fingerprint density at radius 1 is 1.22 bits per heavy atom. The Bertz CT molecular complexity index is 955. The fourth-order valence-electron chi connectivity index (χ4n) is 2.97. The molecule has 1 saturated heterocycles. The van der Waals surface area contributed by atoms with Crippen LogP contribution in [0, 0.1) is 0 Å². The zero-order valence-electron chi connectivity index (χ0n) is 14.9. The van der Waals surface area contributed by atoms with Gasteiger partial charge in [0.1, 0.15) is 0 Å². The van der Waals surface area contributed by atoms with Gasteiger partial charge < -0.3 is 5.32 Å². The molecule has 1 amide bonds. The van der Waals surface area contributed by atoms with Gasteiger partial charge in [0.2, 0.25) is 15.9 Å². The summed E-state index contributed by atoms with van der Waals surface area (Å²) in [5, 5.41) is 3.52. The molecule has 3 rings (SSSR count). The molecule has 0 spiro atoms. The van der Waals surface area contributed by atoms with Crippen LogP contribution in [0.2, 0.25) is 5.02 Å². The molecule has 1 atom stereocenters. The Kier molecular flexibility index (Phi) is 5.87. The van der Waals surface area contributed by atoms with Gasteiger partial charge in [0, 0.05) is 17.6 Å². The summed E-state index contributed by atoms with van der Waals surface area (Å²) in [6, 6.07) is 14.3. The molecule has 7 heteroatoms. The summed E-state index contributed by atoms with van der Waals surface area (Å²) < 4.78 is 25.3. The maximum Gasteiger partial charge on any atom is 0.244 e. The van der Waals surface area contributed by atoms with Crippen molar-refractivity contribution in [2.45, 2.75) is 19.4 Å². The normalized spacial score (nSPS) is 17.2. The lowest BCUT2D eigenvalue weighted by molar-refractivity contribution is -0.117. The van der Waals surface area contributed by atoms with Gasteiger partial charge in [-0.3, -0.25) is 9.10 Å². The number of hydrogen-bond donors (Lipinski definition) is 1. The first-order chi connectivity index (χ1) is 12.8. The molecule has 0 radical (unpaired) electrons. The van der Waals surface area contributed by atoms with Gasteiger partial charge >= 0.3 is 0 Å². The lowest BCUT2D eigenvalue weighted by atomic mass is 10.1. The van der Waals surface area contributed by atoms with Gasteiger partial charge in [-0.25, -0.2) is 8.42 Å². The minimum atomic E-state index is -3.18. The molecule has 1 aliphatic heterocycles. The van der Waals surface area contributed by atoms with E-state index in [4.69, 9.17) is 11.6 Å². The van der Waals surface area contributed by atoms with E-state index in [9.17, 15) is 13.2 Å². The Labute approximate surface area is 164 Å². The van der Waals surface area contributed by atoms with Crippen molar-refractivity contribution in [3.05, 3.63) is 70.8 Å². The van der Waals surface area contributed by atoms with Gasteiger partial charge in [-0.1, -0.05) is 35.9 Å². The third kappa shape index (κ3) is 4.90. The molecule has 0 aliphatic carbocycles. The minimum Gasteiger partial charge on any atom is -0.346 e. The fraction of sp³-hybridized carbons (Fsp3) is 0.250. The number of rotatable bonds is 5. The topological polar surface area (TPSA) is 66.5 Å². The van der Waals surface area contributed by atoms with E-state index in [1.165, 1.54) is 10.4 Å². The van der Waals surface area contributed by atoms with Crippen molar-refractivity contribution in [2.75, 3.05) is 16.6 Å². The summed E-state index contributed by atoms with van der Waals surface area (Å²) in [6.07, 6.45) is 3.81. The van der Waals surface area contributed by atoms with Crippen LogP contribution in [0.3, 0.4) is 0 Å². The van der Waals surface area contributed by atoms with Crippen LogP contribution in [0.1, 0.15) is 30.5 Å². The minimum absolute atomic E-state index is 0.163. The molecule has 1 heterocycles. The van der Waals surface area contributed by atoms with Gasteiger partial charge in [0.05, 0.1) is 17.5 Å². The molecule has 2 aromatic carbocycles. The number of halogens is 1. The highest BCUT2D eigenvalue weighted by atomic mass is 35.5. The molecule has 1 unspecified atom stereocenters. The van der Waals surface area contributed by atoms with Gasteiger partial charge in [-0.2, -0.15) is 0 Å². The number of anilines is 1. The number of hydrogen-bond acceptors (Lipinski definition) is 3. The Hall–Kier alpha value is -2.31. The second-order valence-electron chi connectivity index (χ2n) is 6.45. The summed E-state index contributed by atoms with van der Waals surface area (Å²) in [4.78, 5) is 12.1. The van der Waals surface area contributed by atoms with E-state index >= 15 is 0 Å². The molecule has 5 nitrogen and oxygen atoms in total. The average molecular weight is 405 g/mol. The number of amides is 1. The smallest absolute Gasteiger partial charge is 0.244 e. The third-order valence-electron chi connectivity index (χ3n) is 4.41.